The Morgan fingerprint density at radius 1 is 1.10 bits per heavy atom. The van der Waals surface area contributed by atoms with Gasteiger partial charge in [0.1, 0.15) is 0 Å². The lowest BCUT2D eigenvalue weighted by Gasteiger charge is -2.17. The Morgan fingerprint density at radius 2 is 1.75 bits per heavy atom. The molecule has 3 nitrogen and oxygen atoms in total. The molecule has 0 aliphatic carbocycles. The fraction of sp³-hybridized carbons (Fsp3) is 0.188. The van der Waals surface area contributed by atoms with Crippen LogP contribution in [0.5, 0.6) is 0 Å². The van der Waals surface area contributed by atoms with E-state index in [1.54, 1.807) is 6.07 Å². The zero-order valence-electron chi connectivity index (χ0n) is 11.3. The maximum absolute atomic E-state index is 11.2. The minimum absolute atomic E-state index is 0.387. The highest BCUT2D eigenvalue weighted by atomic mass is 79.9. The number of amides is 1. The second kappa shape index (κ2) is 6.68. The van der Waals surface area contributed by atoms with Crippen molar-refractivity contribution in [2.45, 2.75) is 13.1 Å². The lowest BCUT2D eigenvalue weighted by Crippen LogP contribution is -2.18. The predicted octanol–water partition coefficient (Wildman–Crippen LogP) is 3.18. The molecule has 0 bridgehead atoms. The smallest absolute Gasteiger partial charge is 0.248 e. The summed E-state index contributed by atoms with van der Waals surface area (Å²) in [6.07, 6.45) is 0. The third kappa shape index (κ3) is 4.18. The van der Waals surface area contributed by atoms with Gasteiger partial charge in [0.15, 0.2) is 0 Å². The Morgan fingerprint density at radius 3 is 2.40 bits per heavy atom. The molecule has 20 heavy (non-hydrogen) atoms. The van der Waals surface area contributed by atoms with Crippen LogP contribution in [-0.2, 0) is 13.1 Å². The van der Waals surface area contributed by atoms with E-state index in [2.05, 4.69) is 40.0 Å². The fourth-order valence-electron chi connectivity index (χ4n) is 2.09. The number of primary amides is 1. The van der Waals surface area contributed by atoms with Gasteiger partial charge in [-0.1, -0.05) is 40.2 Å². The van der Waals surface area contributed by atoms with E-state index in [1.165, 1.54) is 5.56 Å². The van der Waals surface area contributed by atoms with Crippen molar-refractivity contribution in [2.75, 3.05) is 7.05 Å². The molecule has 2 aromatic rings. The monoisotopic (exact) mass is 332 g/mol. The van der Waals surface area contributed by atoms with E-state index in [9.17, 15) is 4.79 Å². The van der Waals surface area contributed by atoms with Crippen LogP contribution in [0.1, 0.15) is 21.5 Å². The predicted molar refractivity (Wildman–Crippen MR) is 84.3 cm³/mol. The number of carbonyl (C=O) groups is 1. The number of hydrogen-bond donors (Lipinski definition) is 1. The highest BCUT2D eigenvalue weighted by Crippen LogP contribution is 2.13. The maximum Gasteiger partial charge on any atom is 0.248 e. The summed E-state index contributed by atoms with van der Waals surface area (Å²) < 4.78 is 1.08. The Kier molecular flexibility index (Phi) is 4.93. The van der Waals surface area contributed by atoms with Crippen molar-refractivity contribution in [3.8, 4) is 0 Å². The zero-order chi connectivity index (χ0) is 14.5. The molecule has 0 aliphatic rings. The molecule has 0 saturated carbocycles. The van der Waals surface area contributed by atoms with E-state index in [1.807, 2.05) is 30.3 Å². The lowest BCUT2D eigenvalue weighted by atomic mass is 10.1. The van der Waals surface area contributed by atoms with E-state index >= 15 is 0 Å². The van der Waals surface area contributed by atoms with Gasteiger partial charge in [0.25, 0.3) is 0 Å². The average Bonchev–Trinajstić information content (AvgIpc) is 2.41. The van der Waals surface area contributed by atoms with Crippen molar-refractivity contribution in [1.29, 1.82) is 0 Å². The molecule has 4 heteroatoms. The first-order chi connectivity index (χ1) is 9.54. The first-order valence-electron chi connectivity index (χ1n) is 6.36. The standard InChI is InChI=1S/C16H17BrN2O/c1-19(10-12-5-7-15(17)8-6-12)11-13-3-2-4-14(9-13)16(18)20/h2-9H,10-11H2,1H3,(H2,18,20). The summed E-state index contributed by atoms with van der Waals surface area (Å²) >= 11 is 3.43. The summed E-state index contributed by atoms with van der Waals surface area (Å²) in [7, 11) is 2.05. The van der Waals surface area contributed by atoms with E-state index < -0.39 is 0 Å². The molecular weight excluding hydrogens is 316 g/mol. The molecule has 0 spiro atoms. The zero-order valence-corrected chi connectivity index (χ0v) is 12.9. The molecule has 104 valence electrons. The van der Waals surface area contributed by atoms with Crippen LogP contribution in [0, 0.1) is 0 Å². The van der Waals surface area contributed by atoms with E-state index in [0.29, 0.717) is 5.56 Å². The number of hydrogen-bond acceptors (Lipinski definition) is 2. The Hall–Kier alpha value is -1.65. The summed E-state index contributed by atoms with van der Waals surface area (Å²) in [5, 5.41) is 0. The highest BCUT2D eigenvalue weighted by Gasteiger charge is 2.05. The van der Waals surface area contributed by atoms with Gasteiger partial charge in [-0.3, -0.25) is 9.69 Å². The van der Waals surface area contributed by atoms with Crippen molar-refractivity contribution in [1.82, 2.24) is 4.90 Å². The molecule has 2 N–H and O–H groups in total. The van der Waals surface area contributed by atoms with Gasteiger partial charge in [-0.2, -0.15) is 0 Å². The van der Waals surface area contributed by atoms with Crippen LogP contribution in [0.2, 0.25) is 0 Å². The van der Waals surface area contributed by atoms with Crippen LogP contribution in [0.3, 0.4) is 0 Å². The number of nitrogens with two attached hydrogens (primary N) is 1. The second-order valence-electron chi connectivity index (χ2n) is 4.86. The van der Waals surface area contributed by atoms with Crippen LogP contribution >= 0.6 is 15.9 Å². The molecule has 0 atom stereocenters. The number of rotatable bonds is 5. The van der Waals surface area contributed by atoms with Crippen molar-refractivity contribution in [3.63, 3.8) is 0 Å². The van der Waals surface area contributed by atoms with Crippen molar-refractivity contribution < 1.29 is 4.79 Å². The third-order valence-corrected chi connectivity index (χ3v) is 3.56. The number of nitrogens with zero attached hydrogens (tertiary/aromatic N) is 1. The normalized spacial score (nSPS) is 10.8. The van der Waals surface area contributed by atoms with Gasteiger partial charge in [-0.25, -0.2) is 0 Å². The molecule has 0 radical (unpaired) electrons. The molecule has 2 rings (SSSR count). The van der Waals surface area contributed by atoms with Crippen LogP contribution < -0.4 is 5.73 Å². The average molecular weight is 333 g/mol. The molecule has 0 heterocycles. The maximum atomic E-state index is 11.2. The van der Waals surface area contributed by atoms with Crippen LogP contribution in [0.4, 0.5) is 0 Å². The Labute approximate surface area is 127 Å². The minimum Gasteiger partial charge on any atom is -0.366 e. The largest absolute Gasteiger partial charge is 0.366 e. The first kappa shape index (κ1) is 14.8. The molecule has 1 amide bonds. The quantitative estimate of drug-likeness (QED) is 0.913. The number of carbonyl (C=O) groups excluding carboxylic acids is 1. The van der Waals surface area contributed by atoms with E-state index in [0.717, 1.165) is 23.1 Å². The summed E-state index contributed by atoms with van der Waals surface area (Å²) in [6.45, 7) is 1.63. The van der Waals surface area contributed by atoms with Gasteiger partial charge in [-0.15, -0.1) is 0 Å². The number of benzene rings is 2. The van der Waals surface area contributed by atoms with Crippen molar-refractivity contribution in [2.24, 2.45) is 5.73 Å². The summed E-state index contributed by atoms with van der Waals surface area (Å²) in [5.41, 5.74) is 8.19. The molecule has 2 aromatic carbocycles. The van der Waals surface area contributed by atoms with Gasteiger partial charge in [0.05, 0.1) is 0 Å². The van der Waals surface area contributed by atoms with Crippen molar-refractivity contribution in [3.05, 3.63) is 69.7 Å². The Bertz CT molecular complexity index is 596. The van der Waals surface area contributed by atoms with Gasteiger partial charge < -0.3 is 5.73 Å². The molecule has 0 aliphatic heterocycles. The van der Waals surface area contributed by atoms with Crippen LogP contribution in [0.15, 0.2) is 53.0 Å². The van der Waals surface area contributed by atoms with Gasteiger partial charge in [0, 0.05) is 23.1 Å². The molecule has 0 fully saturated rings. The Balaban J connectivity index is 2.00. The molecule has 0 aromatic heterocycles. The van der Waals surface area contributed by atoms with Crippen molar-refractivity contribution >= 4 is 21.8 Å². The molecular formula is C16H17BrN2O. The summed E-state index contributed by atoms with van der Waals surface area (Å²) in [5.74, 6) is -0.387. The van der Waals surface area contributed by atoms with Gasteiger partial charge in [0.2, 0.25) is 5.91 Å². The first-order valence-corrected chi connectivity index (χ1v) is 7.15. The van der Waals surface area contributed by atoms with Crippen LogP contribution in [-0.4, -0.2) is 17.9 Å². The lowest BCUT2D eigenvalue weighted by molar-refractivity contribution is 0.1000. The van der Waals surface area contributed by atoms with Gasteiger partial charge in [-0.05, 0) is 42.4 Å². The SMILES string of the molecule is CN(Cc1ccc(Br)cc1)Cc1cccc(C(N)=O)c1. The topological polar surface area (TPSA) is 46.3 Å². The highest BCUT2D eigenvalue weighted by molar-refractivity contribution is 9.10. The van der Waals surface area contributed by atoms with E-state index in [4.69, 9.17) is 5.73 Å². The molecule has 0 saturated heterocycles. The third-order valence-electron chi connectivity index (χ3n) is 3.03. The number of halogens is 1. The van der Waals surface area contributed by atoms with E-state index in [-0.39, 0.29) is 5.91 Å². The van der Waals surface area contributed by atoms with Crippen LogP contribution in [0.25, 0.3) is 0 Å². The molecule has 0 unspecified atom stereocenters. The minimum atomic E-state index is -0.387. The van der Waals surface area contributed by atoms with Gasteiger partial charge >= 0.3 is 0 Å². The summed E-state index contributed by atoms with van der Waals surface area (Å²) in [4.78, 5) is 13.4. The fourth-order valence-corrected chi connectivity index (χ4v) is 2.36. The summed E-state index contributed by atoms with van der Waals surface area (Å²) in [6, 6.07) is 15.7. The second-order valence-corrected chi connectivity index (χ2v) is 5.78.